The number of nitrogens with one attached hydrogen (secondary N) is 1. The second-order valence-corrected chi connectivity index (χ2v) is 5.91. The largest absolute Gasteiger partial charge is 0.306 e. The van der Waals surface area contributed by atoms with E-state index in [9.17, 15) is 13.6 Å². The third-order valence-corrected chi connectivity index (χ3v) is 3.30. The maximum absolute atomic E-state index is 12.5. The van der Waals surface area contributed by atoms with E-state index < -0.39 is 29.2 Å². The molecule has 1 aliphatic heterocycles. The van der Waals surface area contributed by atoms with E-state index in [2.05, 4.69) is 5.32 Å². The Morgan fingerprint density at radius 1 is 1.44 bits per heavy atom. The minimum absolute atomic E-state index is 0.0137. The van der Waals surface area contributed by atoms with E-state index in [-0.39, 0.29) is 18.7 Å². The van der Waals surface area contributed by atoms with Crippen LogP contribution in [0.1, 0.15) is 27.2 Å². The fourth-order valence-electron chi connectivity index (χ4n) is 1.83. The van der Waals surface area contributed by atoms with E-state index in [1.165, 1.54) is 0 Å². The summed E-state index contributed by atoms with van der Waals surface area (Å²) in [5.74, 6) is -0.758. The number of halogens is 3. The molecular weight excluding hydrogens is 236 g/mol. The zero-order chi connectivity index (χ0) is 12.5. The van der Waals surface area contributed by atoms with Gasteiger partial charge in [-0.05, 0) is 6.42 Å². The van der Waals surface area contributed by atoms with Crippen LogP contribution in [0.5, 0.6) is 0 Å². The predicted octanol–water partition coefficient (Wildman–Crippen LogP) is 2.45. The van der Waals surface area contributed by atoms with E-state index >= 15 is 0 Å². The van der Waals surface area contributed by atoms with Crippen LogP contribution < -0.4 is 5.32 Å². The van der Waals surface area contributed by atoms with Gasteiger partial charge in [-0.2, -0.15) is 0 Å². The Balaban J connectivity index is 2.64. The Morgan fingerprint density at radius 2 is 2.00 bits per heavy atom. The second kappa shape index (κ2) is 4.96. The quantitative estimate of drug-likeness (QED) is 0.766. The van der Waals surface area contributed by atoms with Gasteiger partial charge in [0.1, 0.15) is 0 Å². The number of hydrogen-bond donors (Lipinski definition) is 1. The number of rotatable bonds is 2. The predicted molar refractivity (Wildman–Crippen MR) is 60.0 cm³/mol. The number of piperidine rings is 1. The van der Waals surface area contributed by atoms with Gasteiger partial charge in [-0.15, -0.1) is 11.6 Å². The Hall–Kier alpha value is -0.220. The number of alkyl halides is 3. The van der Waals surface area contributed by atoms with Crippen molar-refractivity contribution in [3.05, 3.63) is 0 Å². The first-order chi connectivity index (χ1) is 7.23. The summed E-state index contributed by atoms with van der Waals surface area (Å²) in [4.78, 5) is 12.0. The Morgan fingerprint density at radius 3 is 2.38 bits per heavy atom. The van der Waals surface area contributed by atoms with Gasteiger partial charge in [0.2, 0.25) is 6.43 Å². The van der Waals surface area contributed by atoms with Crippen molar-refractivity contribution in [2.75, 3.05) is 6.54 Å². The average Bonchev–Trinajstić information content (AvgIpc) is 2.15. The van der Waals surface area contributed by atoms with Crippen LogP contribution in [0.15, 0.2) is 0 Å². The maximum Gasteiger partial charge on any atom is 0.242 e. The van der Waals surface area contributed by atoms with Gasteiger partial charge in [0, 0.05) is 17.9 Å². The molecule has 1 aliphatic rings. The van der Waals surface area contributed by atoms with E-state index in [0.717, 1.165) is 0 Å². The van der Waals surface area contributed by atoms with Gasteiger partial charge in [0.25, 0.3) is 0 Å². The third-order valence-electron chi connectivity index (χ3n) is 2.87. The molecule has 5 heteroatoms. The van der Waals surface area contributed by atoms with Gasteiger partial charge in [-0.3, -0.25) is 4.79 Å². The highest BCUT2D eigenvalue weighted by molar-refractivity contribution is 6.23. The molecule has 0 aromatic heterocycles. The van der Waals surface area contributed by atoms with Gasteiger partial charge in [-0.1, -0.05) is 20.8 Å². The van der Waals surface area contributed by atoms with Crippen LogP contribution in [0, 0.1) is 11.3 Å². The van der Waals surface area contributed by atoms with Crippen molar-refractivity contribution < 1.29 is 13.6 Å². The standard InChI is InChI=1S/C11H18ClF2NO/c1-11(2,3)9(16)8-7(12)4-6(5-15-8)10(13)14/h6-8,10,15H,4-5H2,1-3H3. The number of carbonyl (C=O) groups excluding carboxylic acids is 1. The van der Waals surface area contributed by atoms with Crippen LogP contribution in [0.25, 0.3) is 0 Å². The van der Waals surface area contributed by atoms with Crippen LogP contribution >= 0.6 is 11.6 Å². The molecule has 1 saturated heterocycles. The molecule has 2 nitrogen and oxygen atoms in total. The molecule has 0 aliphatic carbocycles. The Labute approximate surface area is 99.7 Å². The number of Topliss-reactive ketones (excluding diaryl/α,β-unsaturated/α-hetero) is 1. The number of ketones is 1. The molecule has 3 unspecified atom stereocenters. The minimum atomic E-state index is -2.38. The van der Waals surface area contributed by atoms with Crippen LogP contribution in [0.3, 0.4) is 0 Å². The summed E-state index contributed by atoms with van der Waals surface area (Å²) in [6, 6.07) is -0.503. The molecular formula is C11H18ClF2NO. The SMILES string of the molecule is CC(C)(C)C(=O)C1NCC(C(F)F)CC1Cl. The zero-order valence-corrected chi connectivity index (χ0v) is 10.5. The molecule has 0 amide bonds. The lowest BCUT2D eigenvalue weighted by Gasteiger charge is -2.35. The molecule has 0 aromatic carbocycles. The molecule has 0 radical (unpaired) electrons. The summed E-state index contributed by atoms with van der Waals surface area (Å²) < 4.78 is 24.9. The molecule has 1 rings (SSSR count). The highest BCUT2D eigenvalue weighted by Gasteiger charge is 2.40. The molecule has 94 valence electrons. The normalized spacial score (nSPS) is 31.8. The Bertz CT molecular complexity index is 265. The first-order valence-electron chi connectivity index (χ1n) is 5.43. The van der Waals surface area contributed by atoms with Gasteiger partial charge in [0.05, 0.1) is 11.4 Å². The van der Waals surface area contributed by atoms with Crippen molar-refractivity contribution in [3.8, 4) is 0 Å². The van der Waals surface area contributed by atoms with Crippen molar-refractivity contribution in [1.29, 1.82) is 0 Å². The summed E-state index contributed by atoms with van der Waals surface area (Å²) in [5.41, 5.74) is -0.498. The van der Waals surface area contributed by atoms with Crippen molar-refractivity contribution >= 4 is 17.4 Å². The summed E-state index contributed by atoms with van der Waals surface area (Å²) in [5, 5.41) is 2.30. The number of hydrogen-bond acceptors (Lipinski definition) is 2. The monoisotopic (exact) mass is 253 g/mol. The fraction of sp³-hybridized carbons (Fsp3) is 0.909. The minimum Gasteiger partial charge on any atom is -0.306 e. The van der Waals surface area contributed by atoms with Crippen LogP contribution in [-0.4, -0.2) is 30.2 Å². The van der Waals surface area contributed by atoms with E-state index in [1.807, 2.05) is 0 Å². The van der Waals surface area contributed by atoms with E-state index in [4.69, 9.17) is 11.6 Å². The van der Waals surface area contributed by atoms with Gasteiger partial charge < -0.3 is 5.32 Å². The first kappa shape index (κ1) is 13.8. The van der Waals surface area contributed by atoms with E-state index in [1.54, 1.807) is 20.8 Å². The fourth-order valence-corrected chi connectivity index (χ4v) is 2.26. The van der Waals surface area contributed by atoms with Crippen LogP contribution in [-0.2, 0) is 4.79 Å². The lowest BCUT2D eigenvalue weighted by molar-refractivity contribution is -0.129. The summed E-state index contributed by atoms with van der Waals surface area (Å²) >= 11 is 6.01. The summed E-state index contributed by atoms with van der Waals surface area (Å²) in [6.07, 6.45) is -2.18. The van der Waals surface area contributed by atoms with Gasteiger partial charge in [-0.25, -0.2) is 8.78 Å². The maximum atomic E-state index is 12.5. The second-order valence-electron chi connectivity index (χ2n) is 5.35. The zero-order valence-electron chi connectivity index (χ0n) is 9.77. The topological polar surface area (TPSA) is 29.1 Å². The van der Waals surface area contributed by atoms with Gasteiger partial charge in [0.15, 0.2) is 5.78 Å². The molecule has 0 bridgehead atoms. The molecule has 0 spiro atoms. The molecule has 3 atom stereocenters. The summed E-state index contributed by atoms with van der Waals surface area (Å²) in [7, 11) is 0. The molecule has 0 saturated carbocycles. The number of carbonyl (C=O) groups is 1. The Kier molecular flexibility index (Phi) is 4.29. The summed E-state index contributed by atoms with van der Waals surface area (Å²) in [6.45, 7) is 5.58. The van der Waals surface area contributed by atoms with Crippen molar-refractivity contribution in [3.63, 3.8) is 0 Å². The third kappa shape index (κ3) is 3.14. The lowest BCUT2D eigenvalue weighted by atomic mass is 9.81. The molecule has 1 N–H and O–H groups in total. The average molecular weight is 254 g/mol. The molecule has 0 aromatic rings. The van der Waals surface area contributed by atoms with Crippen molar-refractivity contribution in [2.45, 2.75) is 45.0 Å². The molecule has 1 heterocycles. The smallest absolute Gasteiger partial charge is 0.242 e. The molecule has 1 fully saturated rings. The van der Waals surface area contributed by atoms with Crippen molar-refractivity contribution in [1.82, 2.24) is 5.32 Å². The first-order valence-corrected chi connectivity index (χ1v) is 5.87. The highest BCUT2D eigenvalue weighted by Crippen LogP contribution is 2.29. The highest BCUT2D eigenvalue weighted by atomic mass is 35.5. The van der Waals surface area contributed by atoms with Crippen LogP contribution in [0.2, 0.25) is 0 Å². The van der Waals surface area contributed by atoms with Crippen molar-refractivity contribution in [2.24, 2.45) is 11.3 Å². The van der Waals surface area contributed by atoms with E-state index in [0.29, 0.717) is 0 Å². The molecule has 16 heavy (non-hydrogen) atoms. The van der Waals surface area contributed by atoms with Gasteiger partial charge >= 0.3 is 0 Å². The van der Waals surface area contributed by atoms with Crippen LogP contribution in [0.4, 0.5) is 8.78 Å². The lowest BCUT2D eigenvalue weighted by Crippen LogP contribution is -2.55.